The maximum absolute atomic E-state index is 12.6. The normalized spacial score (nSPS) is 22.0. The molecule has 3 fully saturated rings. The van der Waals surface area contributed by atoms with Crippen molar-refractivity contribution in [3.8, 4) is 16.9 Å². The molecule has 2 unspecified atom stereocenters. The Labute approximate surface area is 167 Å². The number of hydrogen-bond acceptors (Lipinski definition) is 6. The van der Waals surface area contributed by atoms with E-state index in [2.05, 4.69) is 32.4 Å². The fourth-order valence-corrected chi connectivity index (χ4v) is 4.59. The fraction of sp³-hybridized carbons (Fsp3) is 0.381. The van der Waals surface area contributed by atoms with E-state index in [1.54, 1.807) is 6.20 Å². The van der Waals surface area contributed by atoms with Crippen molar-refractivity contribution in [3.63, 3.8) is 0 Å². The summed E-state index contributed by atoms with van der Waals surface area (Å²) in [5.41, 5.74) is 4.90. The van der Waals surface area contributed by atoms with Crippen LogP contribution in [-0.2, 0) is 6.54 Å². The van der Waals surface area contributed by atoms with E-state index in [0.717, 1.165) is 46.8 Å². The number of nitrogens with zero attached hydrogens (tertiary/aromatic N) is 5. The highest BCUT2D eigenvalue weighted by Crippen LogP contribution is 2.34. The number of rotatable bonds is 5. The molecule has 7 rings (SSSR count). The van der Waals surface area contributed by atoms with Crippen LogP contribution in [0.5, 0.6) is 5.75 Å². The lowest BCUT2D eigenvalue weighted by Crippen LogP contribution is -2.67. The van der Waals surface area contributed by atoms with Crippen LogP contribution in [0.2, 0.25) is 0 Å². The third-order valence-corrected chi connectivity index (χ3v) is 5.93. The minimum Gasteiger partial charge on any atom is -0.489 e. The standard InChI is InChI=1S/C21H21FN6O/c22-3-4-29-16-6-17(21-18-8-23-9-19(18)26-28(21)12-16)13-1-2-20(24-7-13)27-10-14-5-15(11-27)25-14/h1-2,6-8,12,14-15,25H,3-5,9-11H2. The molecule has 1 N–H and O–H groups in total. The largest absolute Gasteiger partial charge is 0.489 e. The van der Waals surface area contributed by atoms with Gasteiger partial charge in [0.25, 0.3) is 0 Å². The summed E-state index contributed by atoms with van der Waals surface area (Å²) >= 11 is 0. The summed E-state index contributed by atoms with van der Waals surface area (Å²) in [6.07, 6.45) is 6.85. The van der Waals surface area contributed by atoms with Crippen molar-refractivity contribution in [2.45, 2.75) is 25.0 Å². The molecular formula is C21H21FN6O. The van der Waals surface area contributed by atoms with Gasteiger partial charge in [-0.1, -0.05) is 0 Å². The van der Waals surface area contributed by atoms with E-state index in [4.69, 9.17) is 9.72 Å². The summed E-state index contributed by atoms with van der Waals surface area (Å²) in [6, 6.07) is 7.29. The van der Waals surface area contributed by atoms with Gasteiger partial charge in [-0.15, -0.1) is 0 Å². The Morgan fingerprint density at radius 2 is 2.10 bits per heavy atom. The first-order chi connectivity index (χ1) is 14.3. The van der Waals surface area contributed by atoms with Gasteiger partial charge < -0.3 is 15.0 Å². The number of fused-ring (bicyclic) bond motifs is 5. The molecule has 7 heterocycles. The zero-order valence-corrected chi connectivity index (χ0v) is 15.9. The third-order valence-electron chi connectivity index (χ3n) is 5.93. The number of hydrogen-bond donors (Lipinski definition) is 1. The molecule has 7 nitrogen and oxygen atoms in total. The lowest BCUT2D eigenvalue weighted by molar-refractivity contribution is 0.225. The maximum atomic E-state index is 12.6. The summed E-state index contributed by atoms with van der Waals surface area (Å²) in [5.74, 6) is 1.60. The minimum absolute atomic E-state index is 0.0237. The van der Waals surface area contributed by atoms with Crippen molar-refractivity contribution in [2.24, 2.45) is 4.99 Å². The van der Waals surface area contributed by atoms with E-state index in [1.807, 2.05) is 23.0 Å². The van der Waals surface area contributed by atoms with Crippen molar-refractivity contribution in [3.05, 3.63) is 41.9 Å². The van der Waals surface area contributed by atoms with Gasteiger partial charge in [0, 0.05) is 54.3 Å². The smallest absolute Gasteiger partial charge is 0.138 e. The van der Waals surface area contributed by atoms with Crippen LogP contribution in [0.15, 0.2) is 35.6 Å². The Hall–Kier alpha value is -3.00. The highest BCUT2D eigenvalue weighted by Gasteiger charge is 2.36. The number of aliphatic imine (C=N–C) groups is 1. The summed E-state index contributed by atoms with van der Waals surface area (Å²) in [6.45, 7) is 2.09. The number of piperazine rings is 1. The van der Waals surface area contributed by atoms with Crippen molar-refractivity contribution in [1.29, 1.82) is 0 Å². The Bertz CT molecular complexity index is 1090. The van der Waals surface area contributed by atoms with Gasteiger partial charge in [-0.05, 0) is 24.6 Å². The summed E-state index contributed by atoms with van der Waals surface area (Å²) in [4.78, 5) is 11.4. The number of halogens is 1. The van der Waals surface area contributed by atoms with Gasteiger partial charge in [0.15, 0.2) is 0 Å². The molecule has 4 aliphatic rings. The molecule has 3 aromatic heterocycles. The topological polar surface area (TPSA) is 67.0 Å². The number of ether oxygens (including phenoxy) is 1. The lowest BCUT2D eigenvalue weighted by atomic mass is 9.91. The minimum atomic E-state index is -0.529. The number of nitrogens with one attached hydrogen (secondary N) is 1. The number of aromatic nitrogens is 3. The molecule has 2 bridgehead atoms. The first kappa shape index (κ1) is 16.9. The second-order valence-corrected chi connectivity index (χ2v) is 7.86. The van der Waals surface area contributed by atoms with E-state index in [1.165, 1.54) is 6.42 Å². The molecule has 3 saturated heterocycles. The van der Waals surface area contributed by atoms with E-state index < -0.39 is 6.67 Å². The summed E-state index contributed by atoms with van der Waals surface area (Å²) in [5, 5.41) is 8.18. The summed E-state index contributed by atoms with van der Waals surface area (Å²) in [7, 11) is 0. The first-order valence-corrected chi connectivity index (χ1v) is 10.00. The van der Waals surface area contributed by atoms with Crippen LogP contribution in [0.1, 0.15) is 17.7 Å². The predicted molar refractivity (Wildman–Crippen MR) is 109 cm³/mol. The van der Waals surface area contributed by atoms with Crippen LogP contribution in [0.3, 0.4) is 0 Å². The van der Waals surface area contributed by atoms with Gasteiger partial charge in [-0.2, -0.15) is 5.10 Å². The van der Waals surface area contributed by atoms with Gasteiger partial charge in [0.05, 0.1) is 24.0 Å². The molecule has 0 radical (unpaired) electrons. The second-order valence-electron chi connectivity index (χ2n) is 7.86. The quantitative estimate of drug-likeness (QED) is 0.721. The maximum Gasteiger partial charge on any atom is 0.138 e. The average Bonchev–Trinajstić information content (AvgIpc) is 3.32. The SMILES string of the molecule is FCCOc1cc(-c2ccc(N3CC4CC(C3)N4)nc2)c2c3c(nn2c1)CN=C3. The Kier molecular flexibility index (Phi) is 3.80. The molecule has 2 atom stereocenters. The number of alkyl halides is 1. The first-order valence-electron chi connectivity index (χ1n) is 10.00. The zero-order chi connectivity index (χ0) is 19.4. The van der Waals surface area contributed by atoms with Crippen LogP contribution >= 0.6 is 0 Å². The molecule has 0 amide bonds. The molecule has 148 valence electrons. The average molecular weight is 392 g/mol. The Balaban J connectivity index is 1.40. The summed E-state index contributed by atoms with van der Waals surface area (Å²) < 4.78 is 20.0. The highest BCUT2D eigenvalue weighted by atomic mass is 19.1. The number of anilines is 1. The molecular weight excluding hydrogens is 371 g/mol. The van der Waals surface area contributed by atoms with Crippen LogP contribution in [0.4, 0.5) is 10.2 Å². The van der Waals surface area contributed by atoms with E-state index in [-0.39, 0.29) is 6.61 Å². The predicted octanol–water partition coefficient (Wildman–Crippen LogP) is 2.23. The van der Waals surface area contributed by atoms with Crippen molar-refractivity contribution < 1.29 is 9.13 Å². The molecule has 0 saturated carbocycles. The molecule has 0 aromatic carbocycles. The van der Waals surface area contributed by atoms with E-state index in [0.29, 0.717) is 24.4 Å². The van der Waals surface area contributed by atoms with Crippen molar-refractivity contribution in [2.75, 3.05) is 31.3 Å². The van der Waals surface area contributed by atoms with Crippen LogP contribution in [0, 0.1) is 0 Å². The van der Waals surface area contributed by atoms with Gasteiger partial charge in [-0.3, -0.25) is 4.99 Å². The third kappa shape index (κ3) is 2.78. The molecule has 0 spiro atoms. The zero-order valence-electron chi connectivity index (χ0n) is 15.9. The van der Waals surface area contributed by atoms with Crippen LogP contribution in [0.25, 0.3) is 16.6 Å². The number of piperidine rings is 1. The van der Waals surface area contributed by atoms with Crippen molar-refractivity contribution in [1.82, 2.24) is 19.9 Å². The fourth-order valence-electron chi connectivity index (χ4n) is 4.59. The van der Waals surface area contributed by atoms with Gasteiger partial charge in [0.1, 0.15) is 24.8 Å². The van der Waals surface area contributed by atoms with Crippen LogP contribution < -0.4 is 15.0 Å². The van der Waals surface area contributed by atoms with Crippen LogP contribution in [-0.4, -0.2) is 59.3 Å². The molecule has 0 aliphatic carbocycles. The molecule has 3 aromatic rings. The molecule has 29 heavy (non-hydrogen) atoms. The van der Waals surface area contributed by atoms with E-state index >= 15 is 0 Å². The number of pyridine rings is 2. The van der Waals surface area contributed by atoms with Gasteiger partial charge in [0.2, 0.25) is 0 Å². The van der Waals surface area contributed by atoms with Crippen molar-refractivity contribution >= 4 is 17.5 Å². The Morgan fingerprint density at radius 3 is 2.86 bits per heavy atom. The Morgan fingerprint density at radius 1 is 1.24 bits per heavy atom. The highest BCUT2D eigenvalue weighted by molar-refractivity contribution is 5.99. The second kappa shape index (κ2) is 6.52. The van der Waals surface area contributed by atoms with Gasteiger partial charge in [-0.25, -0.2) is 13.9 Å². The van der Waals surface area contributed by atoms with Gasteiger partial charge >= 0.3 is 0 Å². The molecule has 8 heteroatoms. The monoisotopic (exact) mass is 392 g/mol. The van der Waals surface area contributed by atoms with E-state index in [9.17, 15) is 4.39 Å². The molecule has 4 aliphatic heterocycles. The lowest BCUT2D eigenvalue weighted by Gasteiger charge is -2.48.